The first-order valence-corrected chi connectivity index (χ1v) is 6.20. The fourth-order valence-corrected chi connectivity index (χ4v) is 1.73. The molecule has 0 aromatic heterocycles. The van der Waals surface area contributed by atoms with Crippen LogP contribution in [0.2, 0.25) is 0 Å². The van der Waals surface area contributed by atoms with Gasteiger partial charge in [-0.1, -0.05) is 0 Å². The van der Waals surface area contributed by atoms with E-state index >= 15 is 0 Å². The second-order valence-corrected chi connectivity index (χ2v) is 4.86. The van der Waals surface area contributed by atoms with E-state index in [1.54, 1.807) is 0 Å². The smallest absolute Gasteiger partial charge is 0.350 e. The van der Waals surface area contributed by atoms with Gasteiger partial charge in [-0.15, -0.1) is 0 Å². The van der Waals surface area contributed by atoms with E-state index in [9.17, 15) is 18.4 Å². The van der Waals surface area contributed by atoms with Crippen LogP contribution in [0.25, 0.3) is 0 Å². The van der Waals surface area contributed by atoms with Gasteiger partial charge in [-0.05, 0) is 0 Å². The quantitative estimate of drug-likeness (QED) is 0.523. The topological polar surface area (TPSA) is 73.9 Å². The van der Waals surface area contributed by atoms with Crippen LogP contribution in [0.4, 0.5) is 14.5 Å². The molecule has 1 aliphatic heterocycles. The van der Waals surface area contributed by atoms with Crippen molar-refractivity contribution in [2.24, 2.45) is 0 Å². The Labute approximate surface area is 124 Å². The van der Waals surface area contributed by atoms with E-state index in [0.29, 0.717) is 0 Å². The minimum absolute atomic E-state index is 0.0775. The third-order valence-corrected chi connectivity index (χ3v) is 2.71. The minimum atomic E-state index is -1.35. The highest BCUT2D eigenvalue weighted by Gasteiger charge is 2.38. The van der Waals surface area contributed by atoms with Crippen LogP contribution in [-0.2, 0) is 19.1 Å². The lowest BCUT2D eigenvalue weighted by molar-refractivity contribution is -0.222. The number of carbonyl (C=O) groups excluding carboxylic acids is 2. The Kier molecular flexibility index (Phi) is 4.03. The lowest BCUT2D eigenvalue weighted by atomic mass is 10.2. The molecule has 8 heteroatoms. The third kappa shape index (κ3) is 3.16. The van der Waals surface area contributed by atoms with E-state index in [0.717, 1.165) is 12.3 Å². The van der Waals surface area contributed by atoms with Gasteiger partial charge in [0.1, 0.15) is 0 Å². The molecule has 0 aliphatic carbocycles. The Hall–Kier alpha value is -2.64. The lowest BCUT2D eigenvalue weighted by Gasteiger charge is -2.29. The van der Waals surface area contributed by atoms with Gasteiger partial charge in [0.2, 0.25) is 5.82 Å². The Balaban J connectivity index is 2.23. The van der Waals surface area contributed by atoms with E-state index in [1.165, 1.54) is 27.0 Å². The minimum Gasteiger partial charge on any atom is -0.493 e. The number of ether oxygens (including phenoxy) is 3. The van der Waals surface area contributed by atoms with Crippen LogP contribution in [0.1, 0.15) is 13.8 Å². The number of hydrogen-bond donors (Lipinski definition) is 1. The first-order chi connectivity index (χ1) is 10.2. The number of halogens is 2. The molecule has 1 aliphatic rings. The molecule has 118 valence electrons. The summed E-state index contributed by atoms with van der Waals surface area (Å²) in [6.07, 6.45) is 0.992. The van der Waals surface area contributed by atoms with Crippen molar-refractivity contribution in [2.45, 2.75) is 19.6 Å². The van der Waals surface area contributed by atoms with Gasteiger partial charge >= 0.3 is 11.9 Å². The summed E-state index contributed by atoms with van der Waals surface area (Å²) in [5, 5.41) is 2.49. The normalized spacial score (nSPS) is 16.7. The van der Waals surface area contributed by atoms with Gasteiger partial charge in [-0.2, -0.15) is 4.39 Å². The van der Waals surface area contributed by atoms with Crippen LogP contribution in [0.3, 0.4) is 0 Å². The van der Waals surface area contributed by atoms with Crippen molar-refractivity contribution < 1.29 is 32.6 Å². The van der Waals surface area contributed by atoms with Crippen LogP contribution in [0, 0.1) is 11.6 Å². The number of anilines is 1. The fourth-order valence-electron chi connectivity index (χ4n) is 1.73. The number of rotatable bonds is 3. The van der Waals surface area contributed by atoms with Crippen molar-refractivity contribution in [3.63, 3.8) is 0 Å². The fraction of sp³-hybridized carbons (Fsp3) is 0.286. The van der Waals surface area contributed by atoms with Gasteiger partial charge in [-0.25, -0.2) is 14.0 Å². The number of carbonyl (C=O) groups is 2. The van der Waals surface area contributed by atoms with E-state index in [4.69, 9.17) is 9.47 Å². The standard InChI is InChI=1S/C14H13F2NO5/c1-14(2)21-12(18)8(13(19)22-14)6-17-7-4-9(15)11(16)10(5-7)20-3/h4-6,17H,1-3H3. The number of methoxy groups -OCH3 is 1. The highest BCUT2D eigenvalue weighted by molar-refractivity contribution is 6.15. The highest BCUT2D eigenvalue weighted by atomic mass is 19.2. The molecule has 1 fully saturated rings. The van der Waals surface area contributed by atoms with Gasteiger partial charge in [-0.3, -0.25) is 0 Å². The van der Waals surface area contributed by atoms with Crippen molar-refractivity contribution in [1.29, 1.82) is 0 Å². The van der Waals surface area contributed by atoms with Crippen molar-refractivity contribution >= 4 is 17.6 Å². The molecule has 0 amide bonds. The Morgan fingerprint density at radius 2 is 1.77 bits per heavy atom. The van der Waals surface area contributed by atoms with Crippen molar-refractivity contribution in [3.05, 3.63) is 35.5 Å². The Morgan fingerprint density at radius 3 is 2.32 bits per heavy atom. The molecule has 1 N–H and O–H groups in total. The Morgan fingerprint density at radius 1 is 1.18 bits per heavy atom. The monoisotopic (exact) mass is 313 g/mol. The summed E-state index contributed by atoms with van der Waals surface area (Å²) in [6.45, 7) is 2.82. The molecule has 1 heterocycles. The van der Waals surface area contributed by atoms with E-state index < -0.39 is 34.9 Å². The van der Waals surface area contributed by atoms with Crippen molar-refractivity contribution in [1.82, 2.24) is 0 Å². The predicted molar refractivity (Wildman–Crippen MR) is 70.9 cm³/mol. The summed E-state index contributed by atoms with van der Waals surface area (Å²) in [5.74, 6) is -5.73. The third-order valence-electron chi connectivity index (χ3n) is 2.71. The molecular formula is C14H13F2NO5. The molecule has 0 saturated carbocycles. The number of cyclic esters (lactones) is 2. The molecular weight excluding hydrogens is 300 g/mol. The van der Waals surface area contributed by atoms with Crippen molar-refractivity contribution in [3.8, 4) is 5.75 Å². The van der Waals surface area contributed by atoms with E-state index in [2.05, 4.69) is 10.1 Å². The molecule has 0 radical (unpaired) electrons. The van der Waals surface area contributed by atoms with E-state index in [-0.39, 0.29) is 11.4 Å². The van der Waals surface area contributed by atoms with E-state index in [1.807, 2.05) is 0 Å². The Bertz CT molecular complexity index is 647. The molecule has 1 aromatic carbocycles. The molecule has 2 rings (SSSR count). The largest absolute Gasteiger partial charge is 0.493 e. The molecule has 0 atom stereocenters. The zero-order valence-corrected chi connectivity index (χ0v) is 12.0. The van der Waals surface area contributed by atoms with Crippen molar-refractivity contribution in [2.75, 3.05) is 12.4 Å². The van der Waals surface area contributed by atoms with Crippen LogP contribution in [-0.4, -0.2) is 24.8 Å². The molecule has 0 unspecified atom stereocenters. The SMILES string of the molecule is COc1cc(NC=C2C(=O)OC(C)(C)OC2=O)cc(F)c1F. The second kappa shape index (κ2) is 5.63. The summed E-state index contributed by atoms with van der Waals surface area (Å²) in [5.41, 5.74) is -0.322. The average molecular weight is 313 g/mol. The number of hydrogen-bond acceptors (Lipinski definition) is 6. The van der Waals surface area contributed by atoms with Gasteiger partial charge in [0, 0.05) is 37.9 Å². The molecule has 1 aromatic rings. The summed E-state index contributed by atoms with van der Waals surface area (Å²) in [4.78, 5) is 23.4. The molecule has 22 heavy (non-hydrogen) atoms. The average Bonchev–Trinajstić information content (AvgIpc) is 2.40. The maximum absolute atomic E-state index is 13.3. The lowest BCUT2D eigenvalue weighted by Crippen LogP contribution is -2.42. The van der Waals surface area contributed by atoms with Gasteiger partial charge in [0.15, 0.2) is 17.1 Å². The number of esters is 2. The zero-order chi connectivity index (χ0) is 16.5. The van der Waals surface area contributed by atoms with Crippen LogP contribution >= 0.6 is 0 Å². The van der Waals surface area contributed by atoms with Gasteiger partial charge < -0.3 is 19.5 Å². The number of nitrogens with one attached hydrogen (secondary N) is 1. The molecule has 0 spiro atoms. The molecule has 6 nitrogen and oxygen atoms in total. The number of benzene rings is 1. The summed E-state index contributed by atoms with van der Waals surface area (Å²) in [7, 11) is 1.18. The first kappa shape index (κ1) is 15.7. The maximum atomic E-state index is 13.3. The maximum Gasteiger partial charge on any atom is 0.350 e. The summed E-state index contributed by atoms with van der Waals surface area (Å²) in [6, 6.07) is 2.01. The molecule has 0 bridgehead atoms. The van der Waals surface area contributed by atoms with Gasteiger partial charge in [0.05, 0.1) is 7.11 Å². The van der Waals surface area contributed by atoms with Crippen LogP contribution in [0.15, 0.2) is 23.9 Å². The second-order valence-electron chi connectivity index (χ2n) is 4.86. The highest BCUT2D eigenvalue weighted by Crippen LogP contribution is 2.26. The summed E-state index contributed by atoms with van der Waals surface area (Å²) >= 11 is 0. The van der Waals surface area contributed by atoms with Crippen LogP contribution < -0.4 is 10.1 Å². The zero-order valence-electron chi connectivity index (χ0n) is 12.0. The van der Waals surface area contributed by atoms with Gasteiger partial charge in [0.25, 0.3) is 5.79 Å². The van der Waals surface area contributed by atoms with Crippen LogP contribution in [0.5, 0.6) is 5.75 Å². The first-order valence-electron chi connectivity index (χ1n) is 6.20. The molecule has 1 saturated heterocycles. The predicted octanol–water partition coefficient (Wildman–Crippen LogP) is 2.11. The summed E-state index contributed by atoms with van der Waals surface area (Å²) < 4.78 is 41.1.